The second-order valence-electron chi connectivity index (χ2n) is 7.00. The summed E-state index contributed by atoms with van der Waals surface area (Å²) in [6, 6.07) is 0.700. The molecule has 0 aromatic carbocycles. The Hall–Kier alpha value is -0.300. The van der Waals surface area contributed by atoms with Crippen LogP contribution in [-0.2, 0) is 0 Å². The fourth-order valence-corrected chi connectivity index (χ4v) is 4.15. The number of rotatable bonds is 6. The molecule has 1 N–H and O–H groups in total. The van der Waals surface area contributed by atoms with Crippen molar-refractivity contribution in [2.45, 2.75) is 90.5 Å². The van der Waals surface area contributed by atoms with Gasteiger partial charge < -0.3 is 5.32 Å². The van der Waals surface area contributed by atoms with Crippen LogP contribution in [0.1, 0.15) is 84.5 Å². The second kappa shape index (κ2) is 8.87. The van der Waals surface area contributed by atoms with E-state index in [1.54, 1.807) is 5.57 Å². The van der Waals surface area contributed by atoms with Gasteiger partial charge in [0.15, 0.2) is 0 Å². The first-order valence-corrected chi connectivity index (χ1v) is 9.27. The Morgan fingerprint density at radius 2 is 1.90 bits per heavy atom. The normalized spacial score (nSPS) is 29.6. The molecule has 2 rings (SSSR count). The maximum Gasteiger partial charge on any atom is 0.0307 e. The minimum absolute atomic E-state index is 0.700. The minimum atomic E-state index is 0.700. The molecule has 0 aromatic heterocycles. The van der Waals surface area contributed by atoms with E-state index in [0.29, 0.717) is 6.04 Å². The zero-order chi connectivity index (χ0) is 14.2. The highest BCUT2D eigenvalue weighted by Crippen LogP contribution is 2.36. The Kier molecular flexibility index (Phi) is 7.13. The molecule has 1 atom stereocenters. The van der Waals surface area contributed by atoms with E-state index >= 15 is 0 Å². The molecule has 0 spiro atoms. The molecule has 20 heavy (non-hydrogen) atoms. The molecular formula is C19H35N. The maximum atomic E-state index is 3.90. The Morgan fingerprint density at radius 1 is 1.10 bits per heavy atom. The summed E-state index contributed by atoms with van der Waals surface area (Å²) in [5, 5.41) is 3.90. The minimum Gasteiger partial charge on any atom is -0.310 e. The average Bonchev–Trinajstić information content (AvgIpc) is 2.77. The molecule has 0 bridgehead atoms. The summed E-state index contributed by atoms with van der Waals surface area (Å²) in [5.41, 5.74) is 1.76. The summed E-state index contributed by atoms with van der Waals surface area (Å²) in [4.78, 5) is 0. The van der Waals surface area contributed by atoms with Crippen LogP contribution >= 0.6 is 0 Å². The molecule has 2 aliphatic carbocycles. The van der Waals surface area contributed by atoms with Crippen molar-refractivity contribution in [2.75, 3.05) is 6.54 Å². The van der Waals surface area contributed by atoms with Crippen LogP contribution < -0.4 is 5.32 Å². The topological polar surface area (TPSA) is 12.0 Å². The monoisotopic (exact) mass is 277 g/mol. The molecule has 2 aliphatic rings. The van der Waals surface area contributed by atoms with Gasteiger partial charge in [0.25, 0.3) is 0 Å². The van der Waals surface area contributed by atoms with E-state index in [1.165, 1.54) is 77.2 Å². The molecule has 1 saturated carbocycles. The zero-order valence-corrected chi connectivity index (χ0v) is 13.8. The Balaban J connectivity index is 1.97. The maximum absolute atomic E-state index is 3.90. The number of nitrogens with one attached hydrogen (secondary N) is 1. The van der Waals surface area contributed by atoms with Crippen LogP contribution in [0.3, 0.4) is 0 Å². The first kappa shape index (κ1) is 16.1. The van der Waals surface area contributed by atoms with Gasteiger partial charge in [0.1, 0.15) is 0 Å². The lowest BCUT2D eigenvalue weighted by Crippen LogP contribution is -2.40. The largest absolute Gasteiger partial charge is 0.310 e. The van der Waals surface area contributed by atoms with E-state index in [4.69, 9.17) is 0 Å². The lowest BCUT2D eigenvalue weighted by molar-refractivity contribution is 0.230. The fraction of sp³-hybridized carbons (Fsp3) is 0.895. The van der Waals surface area contributed by atoms with E-state index in [1.807, 2.05) is 0 Å². The van der Waals surface area contributed by atoms with Crippen molar-refractivity contribution in [3.63, 3.8) is 0 Å². The predicted octanol–water partition coefficient (Wildman–Crippen LogP) is 5.46. The van der Waals surface area contributed by atoms with Crippen molar-refractivity contribution in [1.82, 2.24) is 5.32 Å². The van der Waals surface area contributed by atoms with Crippen molar-refractivity contribution in [2.24, 2.45) is 11.8 Å². The molecule has 0 aromatic rings. The fourth-order valence-electron chi connectivity index (χ4n) is 4.15. The predicted molar refractivity (Wildman–Crippen MR) is 89.0 cm³/mol. The van der Waals surface area contributed by atoms with Crippen molar-refractivity contribution >= 4 is 0 Å². The summed E-state index contributed by atoms with van der Waals surface area (Å²) in [6.07, 6.45) is 18.0. The quantitative estimate of drug-likeness (QED) is 0.635. The smallest absolute Gasteiger partial charge is 0.0307 e. The highest BCUT2D eigenvalue weighted by atomic mass is 14.9. The lowest BCUT2D eigenvalue weighted by Gasteiger charge is -2.35. The van der Waals surface area contributed by atoms with Gasteiger partial charge in [0.2, 0.25) is 0 Å². The molecule has 0 saturated heterocycles. The van der Waals surface area contributed by atoms with Gasteiger partial charge in [-0.15, -0.1) is 0 Å². The van der Waals surface area contributed by atoms with Crippen LogP contribution in [-0.4, -0.2) is 12.6 Å². The summed E-state index contributed by atoms with van der Waals surface area (Å²) < 4.78 is 0. The SMILES string of the molecule is CCCNC(C1=CCCCCC1)C1CCC(CC)CC1. The van der Waals surface area contributed by atoms with Crippen LogP contribution in [0.4, 0.5) is 0 Å². The lowest BCUT2D eigenvalue weighted by atomic mass is 9.75. The molecule has 1 nitrogen and oxygen atoms in total. The first-order chi connectivity index (χ1) is 9.85. The van der Waals surface area contributed by atoms with Crippen molar-refractivity contribution in [1.29, 1.82) is 0 Å². The first-order valence-electron chi connectivity index (χ1n) is 9.27. The van der Waals surface area contributed by atoms with Crippen LogP contribution in [0, 0.1) is 11.8 Å². The third-order valence-electron chi connectivity index (χ3n) is 5.53. The summed E-state index contributed by atoms with van der Waals surface area (Å²) >= 11 is 0. The van der Waals surface area contributed by atoms with Gasteiger partial charge in [-0.25, -0.2) is 0 Å². The van der Waals surface area contributed by atoms with Gasteiger partial charge >= 0.3 is 0 Å². The van der Waals surface area contributed by atoms with Gasteiger partial charge in [0, 0.05) is 6.04 Å². The van der Waals surface area contributed by atoms with Gasteiger partial charge in [-0.3, -0.25) is 0 Å². The third-order valence-corrected chi connectivity index (χ3v) is 5.53. The highest BCUT2D eigenvalue weighted by Gasteiger charge is 2.28. The van der Waals surface area contributed by atoms with E-state index in [9.17, 15) is 0 Å². The highest BCUT2D eigenvalue weighted by molar-refractivity contribution is 5.14. The van der Waals surface area contributed by atoms with Crippen molar-refractivity contribution in [3.05, 3.63) is 11.6 Å². The molecule has 0 heterocycles. The van der Waals surface area contributed by atoms with Crippen LogP contribution in [0.25, 0.3) is 0 Å². The Labute approximate surface area is 126 Å². The summed E-state index contributed by atoms with van der Waals surface area (Å²) in [7, 11) is 0. The summed E-state index contributed by atoms with van der Waals surface area (Å²) in [5.74, 6) is 1.93. The molecule has 1 unspecified atom stereocenters. The zero-order valence-electron chi connectivity index (χ0n) is 13.8. The molecule has 0 aliphatic heterocycles. The van der Waals surface area contributed by atoms with Gasteiger partial charge in [0.05, 0.1) is 0 Å². The molecule has 0 radical (unpaired) electrons. The number of hydrogen-bond acceptors (Lipinski definition) is 1. The van der Waals surface area contributed by atoms with Crippen LogP contribution in [0.15, 0.2) is 11.6 Å². The Morgan fingerprint density at radius 3 is 2.60 bits per heavy atom. The molecule has 1 fully saturated rings. The molecule has 0 amide bonds. The van der Waals surface area contributed by atoms with E-state index in [-0.39, 0.29) is 0 Å². The number of hydrogen-bond donors (Lipinski definition) is 1. The number of allylic oxidation sites excluding steroid dienone is 1. The van der Waals surface area contributed by atoms with Crippen molar-refractivity contribution in [3.8, 4) is 0 Å². The van der Waals surface area contributed by atoms with Gasteiger partial charge in [-0.05, 0) is 63.3 Å². The van der Waals surface area contributed by atoms with E-state index < -0.39 is 0 Å². The Bertz CT molecular complexity index is 286. The molecule has 1 heteroatoms. The standard InChI is InChI=1S/C19H35N/c1-3-15-20-19(17-9-7-5-6-8-10-17)18-13-11-16(4-2)12-14-18/h9,16,18-20H,3-8,10-15H2,1-2H3. The molecule has 116 valence electrons. The third kappa shape index (κ3) is 4.62. The van der Waals surface area contributed by atoms with E-state index in [0.717, 1.165) is 11.8 Å². The van der Waals surface area contributed by atoms with Gasteiger partial charge in [-0.2, -0.15) is 0 Å². The van der Waals surface area contributed by atoms with E-state index in [2.05, 4.69) is 25.2 Å². The molecular weight excluding hydrogens is 242 g/mol. The second-order valence-corrected chi connectivity index (χ2v) is 7.00. The van der Waals surface area contributed by atoms with Gasteiger partial charge in [-0.1, -0.05) is 51.2 Å². The van der Waals surface area contributed by atoms with Crippen LogP contribution in [0.2, 0.25) is 0 Å². The van der Waals surface area contributed by atoms with Crippen LogP contribution in [0.5, 0.6) is 0 Å². The van der Waals surface area contributed by atoms with Crippen molar-refractivity contribution < 1.29 is 0 Å². The summed E-state index contributed by atoms with van der Waals surface area (Å²) in [6.45, 7) is 5.85. The average molecular weight is 277 g/mol.